The lowest BCUT2D eigenvalue weighted by molar-refractivity contribution is 0.483. The van der Waals surface area contributed by atoms with Crippen molar-refractivity contribution in [3.05, 3.63) is 121 Å². The summed E-state index contributed by atoms with van der Waals surface area (Å²) in [6, 6.07) is 42.3. The predicted molar refractivity (Wildman–Crippen MR) is 149 cm³/mol. The maximum absolute atomic E-state index is 6.42. The summed E-state index contributed by atoms with van der Waals surface area (Å²) in [5.41, 5.74) is 7.08. The van der Waals surface area contributed by atoms with Gasteiger partial charge in [-0.05, 0) is 60.7 Å². The van der Waals surface area contributed by atoms with Crippen molar-refractivity contribution in [1.82, 2.24) is 4.57 Å². The van der Waals surface area contributed by atoms with Crippen LogP contribution in [0.2, 0.25) is 0 Å². The third kappa shape index (κ3) is 3.30. The summed E-state index contributed by atoms with van der Waals surface area (Å²) in [6.07, 6.45) is 0. The van der Waals surface area contributed by atoms with Gasteiger partial charge in [-0.3, -0.25) is 0 Å². The standard InChI is InChI=1S/C32H25N3O/c1-33-22-34(32-17-8-7-16-31(32)33)24-12-9-13-25(20-24)36-26-18-19-30-28(21-26)27-14-5-6-15-29(27)35(30)23-10-3-2-4-11-23/h2-21H,22H2,1H3. The van der Waals surface area contributed by atoms with E-state index in [1.807, 2.05) is 6.07 Å². The van der Waals surface area contributed by atoms with Crippen LogP contribution in [-0.2, 0) is 0 Å². The minimum atomic E-state index is 0.813. The van der Waals surface area contributed by atoms with Crippen molar-refractivity contribution in [3.8, 4) is 17.2 Å². The average Bonchev–Trinajstić information content (AvgIpc) is 3.44. The first kappa shape index (κ1) is 20.7. The monoisotopic (exact) mass is 467 g/mol. The molecule has 0 fully saturated rings. The van der Waals surface area contributed by atoms with Gasteiger partial charge in [0.15, 0.2) is 0 Å². The van der Waals surface area contributed by atoms with Crippen LogP contribution in [0, 0.1) is 0 Å². The zero-order valence-corrected chi connectivity index (χ0v) is 20.0. The first-order chi connectivity index (χ1) is 17.8. The molecule has 6 aromatic rings. The van der Waals surface area contributed by atoms with Crippen molar-refractivity contribution in [1.29, 1.82) is 0 Å². The van der Waals surface area contributed by atoms with Crippen molar-refractivity contribution in [2.75, 3.05) is 23.5 Å². The lowest BCUT2D eigenvalue weighted by Crippen LogP contribution is -2.23. The maximum Gasteiger partial charge on any atom is 0.129 e. The van der Waals surface area contributed by atoms with Crippen molar-refractivity contribution in [2.45, 2.75) is 0 Å². The van der Waals surface area contributed by atoms with E-state index in [2.05, 4.69) is 137 Å². The van der Waals surface area contributed by atoms with Crippen LogP contribution in [0.5, 0.6) is 11.5 Å². The quantitative estimate of drug-likeness (QED) is 0.261. The van der Waals surface area contributed by atoms with E-state index in [9.17, 15) is 0 Å². The summed E-state index contributed by atoms with van der Waals surface area (Å²) in [4.78, 5) is 4.58. The van der Waals surface area contributed by atoms with Crippen LogP contribution in [0.3, 0.4) is 0 Å². The normalized spacial score (nSPS) is 12.9. The number of para-hydroxylation sites is 4. The van der Waals surface area contributed by atoms with E-state index in [1.165, 1.54) is 33.2 Å². The number of benzene rings is 5. The first-order valence-electron chi connectivity index (χ1n) is 12.2. The van der Waals surface area contributed by atoms with Gasteiger partial charge in [0.2, 0.25) is 0 Å². The topological polar surface area (TPSA) is 20.6 Å². The number of nitrogens with zero attached hydrogens (tertiary/aromatic N) is 3. The highest BCUT2D eigenvalue weighted by Gasteiger charge is 2.24. The van der Waals surface area contributed by atoms with Gasteiger partial charge in [-0.1, -0.05) is 54.6 Å². The van der Waals surface area contributed by atoms with Crippen LogP contribution in [0.25, 0.3) is 27.5 Å². The van der Waals surface area contributed by atoms with E-state index in [4.69, 9.17) is 4.74 Å². The summed E-state index contributed by atoms with van der Waals surface area (Å²) >= 11 is 0. The Morgan fingerprint density at radius 3 is 2.14 bits per heavy atom. The second-order valence-corrected chi connectivity index (χ2v) is 9.22. The van der Waals surface area contributed by atoms with E-state index in [-0.39, 0.29) is 0 Å². The van der Waals surface area contributed by atoms with Crippen LogP contribution in [0.15, 0.2) is 121 Å². The Labute approximate surface area is 210 Å². The number of rotatable bonds is 4. The van der Waals surface area contributed by atoms with Gasteiger partial charge in [-0.15, -0.1) is 0 Å². The molecule has 0 atom stereocenters. The minimum absolute atomic E-state index is 0.813. The van der Waals surface area contributed by atoms with Gasteiger partial charge in [0.05, 0.1) is 29.1 Å². The second kappa shape index (κ2) is 8.21. The molecule has 0 amide bonds. The van der Waals surface area contributed by atoms with Crippen molar-refractivity contribution in [3.63, 3.8) is 0 Å². The van der Waals surface area contributed by atoms with Gasteiger partial charge < -0.3 is 19.1 Å². The molecule has 174 valence electrons. The fraction of sp³-hybridized carbons (Fsp3) is 0.0625. The maximum atomic E-state index is 6.42. The number of hydrogen-bond donors (Lipinski definition) is 0. The van der Waals surface area contributed by atoms with E-state index in [0.717, 1.165) is 29.5 Å². The summed E-state index contributed by atoms with van der Waals surface area (Å²) < 4.78 is 8.73. The third-order valence-electron chi connectivity index (χ3n) is 6.96. The molecule has 0 radical (unpaired) electrons. The molecular formula is C32H25N3O. The Kier molecular flexibility index (Phi) is 4.71. The van der Waals surface area contributed by atoms with Crippen molar-refractivity contribution in [2.24, 2.45) is 0 Å². The molecule has 2 heterocycles. The molecule has 4 heteroatoms. The molecule has 5 aromatic carbocycles. The summed E-state index contributed by atoms with van der Waals surface area (Å²) in [5.74, 6) is 1.65. The number of anilines is 3. The van der Waals surface area contributed by atoms with Gasteiger partial charge in [0.1, 0.15) is 11.5 Å². The van der Waals surface area contributed by atoms with Gasteiger partial charge >= 0.3 is 0 Å². The van der Waals surface area contributed by atoms with Gasteiger partial charge in [-0.25, -0.2) is 0 Å². The van der Waals surface area contributed by atoms with Gasteiger partial charge in [-0.2, -0.15) is 0 Å². The van der Waals surface area contributed by atoms with Gasteiger partial charge in [0.25, 0.3) is 0 Å². The molecule has 1 aliphatic rings. The Hall–Kier alpha value is -4.70. The first-order valence-corrected chi connectivity index (χ1v) is 12.2. The molecule has 0 saturated heterocycles. The molecule has 0 spiro atoms. The fourth-order valence-corrected chi connectivity index (χ4v) is 5.32. The Morgan fingerprint density at radius 1 is 0.556 bits per heavy atom. The van der Waals surface area contributed by atoms with Crippen molar-refractivity contribution < 1.29 is 4.74 Å². The number of aromatic nitrogens is 1. The van der Waals surface area contributed by atoms with Crippen molar-refractivity contribution >= 4 is 38.9 Å². The second-order valence-electron chi connectivity index (χ2n) is 9.22. The number of fused-ring (bicyclic) bond motifs is 4. The minimum Gasteiger partial charge on any atom is -0.457 e. The molecule has 1 aromatic heterocycles. The van der Waals surface area contributed by atoms with Crippen LogP contribution in [0.1, 0.15) is 0 Å². The zero-order valence-electron chi connectivity index (χ0n) is 20.0. The molecule has 0 N–H and O–H groups in total. The molecule has 7 rings (SSSR count). The Morgan fingerprint density at radius 2 is 1.25 bits per heavy atom. The highest BCUT2D eigenvalue weighted by molar-refractivity contribution is 6.09. The SMILES string of the molecule is CN1CN(c2cccc(Oc3ccc4c(c3)c3ccccc3n4-c3ccccc3)c2)c2ccccc21. The molecule has 1 aliphatic heterocycles. The third-order valence-corrected chi connectivity index (χ3v) is 6.96. The molecule has 36 heavy (non-hydrogen) atoms. The number of hydrogen-bond acceptors (Lipinski definition) is 3. The highest BCUT2D eigenvalue weighted by atomic mass is 16.5. The Bertz CT molecular complexity index is 1720. The summed E-state index contributed by atoms with van der Waals surface area (Å²) in [6.45, 7) is 0.813. The molecule has 0 aliphatic carbocycles. The highest BCUT2D eigenvalue weighted by Crippen LogP contribution is 2.41. The lowest BCUT2D eigenvalue weighted by Gasteiger charge is -2.20. The average molecular weight is 468 g/mol. The van der Waals surface area contributed by atoms with E-state index >= 15 is 0 Å². The van der Waals surface area contributed by atoms with Crippen LogP contribution in [-0.4, -0.2) is 18.3 Å². The predicted octanol–water partition coefficient (Wildman–Crippen LogP) is 8.12. The summed E-state index contributed by atoms with van der Waals surface area (Å²) in [5, 5.41) is 2.39. The number of ether oxygens (including phenoxy) is 1. The van der Waals surface area contributed by atoms with E-state index < -0.39 is 0 Å². The Balaban J connectivity index is 1.27. The molecule has 0 saturated carbocycles. The van der Waals surface area contributed by atoms with Crippen LogP contribution in [0.4, 0.5) is 17.1 Å². The fourth-order valence-electron chi connectivity index (χ4n) is 5.32. The molecule has 0 bridgehead atoms. The van der Waals surface area contributed by atoms with Crippen LogP contribution >= 0.6 is 0 Å². The molecular weight excluding hydrogens is 442 g/mol. The largest absolute Gasteiger partial charge is 0.457 e. The zero-order chi connectivity index (χ0) is 24.1. The van der Waals surface area contributed by atoms with E-state index in [1.54, 1.807) is 0 Å². The van der Waals surface area contributed by atoms with Gasteiger partial charge in [0, 0.05) is 35.3 Å². The summed E-state index contributed by atoms with van der Waals surface area (Å²) in [7, 11) is 2.13. The molecule has 4 nitrogen and oxygen atoms in total. The van der Waals surface area contributed by atoms with E-state index in [0.29, 0.717) is 0 Å². The molecule has 0 unspecified atom stereocenters. The smallest absolute Gasteiger partial charge is 0.129 e. The van der Waals surface area contributed by atoms with Crippen LogP contribution < -0.4 is 14.5 Å². The lowest BCUT2D eigenvalue weighted by atomic mass is 10.1.